The first-order valence-corrected chi connectivity index (χ1v) is 4.96. The first-order chi connectivity index (χ1) is 8.13. The van der Waals surface area contributed by atoms with Crippen LogP contribution in [0.25, 0.3) is 0 Å². The molecular weight excluding hydrogens is 233 g/mol. The van der Waals surface area contributed by atoms with Crippen LogP contribution in [0.1, 0.15) is 19.1 Å². The molecule has 2 N–H and O–H groups in total. The Morgan fingerprint density at radius 3 is 3.06 bits per heavy atom. The molecule has 8 heteroatoms. The zero-order valence-electron chi connectivity index (χ0n) is 8.67. The average molecular weight is 243 g/mol. The van der Waals surface area contributed by atoms with E-state index in [9.17, 15) is 14.0 Å². The van der Waals surface area contributed by atoms with Crippen molar-refractivity contribution < 1.29 is 14.3 Å². The van der Waals surface area contributed by atoms with Gasteiger partial charge in [-0.1, -0.05) is 5.16 Å². The van der Waals surface area contributed by atoms with E-state index in [1.807, 2.05) is 0 Å². The summed E-state index contributed by atoms with van der Waals surface area (Å²) < 4.78 is 19.0. The molecule has 1 aliphatic rings. The molecule has 0 spiro atoms. The van der Waals surface area contributed by atoms with Gasteiger partial charge in [-0.3, -0.25) is 4.79 Å². The summed E-state index contributed by atoms with van der Waals surface area (Å²) in [6.07, 6.45) is 1.38. The van der Waals surface area contributed by atoms with Gasteiger partial charge in [0, 0.05) is 6.20 Å². The maximum Gasteiger partial charge on any atom is 0.330 e. The molecule has 2 rings (SSSR count). The average Bonchev–Trinajstić information content (AvgIpc) is 2.73. The van der Waals surface area contributed by atoms with Gasteiger partial charge in [-0.05, 0) is 12.8 Å². The van der Waals surface area contributed by atoms with E-state index in [0.29, 0.717) is 23.6 Å². The lowest BCUT2D eigenvalue weighted by molar-refractivity contribution is 0.0262. The van der Waals surface area contributed by atoms with Crippen molar-refractivity contribution in [3.8, 4) is 0 Å². The standard InChI is InChI=1S/C9H10FN3O4/c10-6-4-11-9(15)13(8(6)14)7-2-1-5(17-7)3-12-16/h3-5,7,16H,1-2H2,(H,11,15). The first kappa shape index (κ1) is 11.5. The number of rotatable bonds is 2. The molecule has 1 fully saturated rings. The van der Waals surface area contributed by atoms with Gasteiger partial charge in [0.25, 0.3) is 5.56 Å². The van der Waals surface area contributed by atoms with E-state index in [-0.39, 0.29) is 0 Å². The van der Waals surface area contributed by atoms with E-state index < -0.39 is 29.4 Å². The van der Waals surface area contributed by atoms with Gasteiger partial charge in [0.2, 0.25) is 5.82 Å². The molecule has 1 saturated heterocycles. The summed E-state index contributed by atoms with van der Waals surface area (Å²) in [6.45, 7) is 0. The molecule has 1 aromatic rings. The van der Waals surface area contributed by atoms with E-state index in [1.54, 1.807) is 0 Å². The zero-order valence-corrected chi connectivity index (χ0v) is 8.67. The van der Waals surface area contributed by atoms with Crippen LogP contribution in [-0.4, -0.2) is 27.1 Å². The van der Waals surface area contributed by atoms with Crippen LogP contribution in [0.2, 0.25) is 0 Å². The SMILES string of the molecule is O=c1[nH]cc(F)c(=O)n1C1CCC(C=NO)O1. The minimum atomic E-state index is -1.05. The quantitative estimate of drug-likeness (QED) is 0.427. The van der Waals surface area contributed by atoms with E-state index >= 15 is 0 Å². The Balaban J connectivity index is 2.34. The number of oxime groups is 1. The normalized spacial score (nSPS) is 24.5. The third-order valence-electron chi connectivity index (χ3n) is 2.52. The fourth-order valence-electron chi connectivity index (χ4n) is 1.74. The van der Waals surface area contributed by atoms with Crippen LogP contribution in [0.4, 0.5) is 4.39 Å². The summed E-state index contributed by atoms with van der Waals surface area (Å²) in [6, 6.07) is 0. The number of hydrogen-bond acceptors (Lipinski definition) is 5. The second-order valence-corrected chi connectivity index (χ2v) is 3.59. The Morgan fingerprint density at radius 2 is 2.35 bits per heavy atom. The van der Waals surface area contributed by atoms with Gasteiger partial charge >= 0.3 is 5.69 Å². The largest absolute Gasteiger partial charge is 0.411 e. The highest BCUT2D eigenvalue weighted by atomic mass is 19.1. The van der Waals surface area contributed by atoms with Crippen molar-refractivity contribution in [3.05, 3.63) is 32.9 Å². The maximum absolute atomic E-state index is 13.0. The van der Waals surface area contributed by atoms with Gasteiger partial charge in [-0.2, -0.15) is 4.39 Å². The Bertz CT molecular complexity index is 550. The predicted octanol–water partition coefficient (Wildman–Crippen LogP) is -0.187. The summed E-state index contributed by atoms with van der Waals surface area (Å²) in [4.78, 5) is 25.0. The molecule has 2 unspecified atom stereocenters. The first-order valence-electron chi connectivity index (χ1n) is 4.96. The van der Waals surface area contributed by atoms with E-state index in [4.69, 9.17) is 9.94 Å². The minimum absolute atomic E-state index is 0.364. The molecule has 0 saturated carbocycles. The third kappa shape index (κ3) is 2.11. The van der Waals surface area contributed by atoms with Crippen molar-refractivity contribution in [3.63, 3.8) is 0 Å². The zero-order chi connectivity index (χ0) is 12.4. The van der Waals surface area contributed by atoms with Crippen LogP contribution in [0.15, 0.2) is 20.9 Å². The second kappa shape index (κ2) is 4.50. The van der Waals surface area contributed by atoms with Gasteiger partial charge in [-0.15, -0.1) is 0 Å². The van der Waals surface area contributed by atoms with Gasteiger partial charge in [0.05, 0.1) is 12.3 Å². The monoisotopic (exact) mass is 243 g/mol. The molecule has 1 aromatic heterocycles. The number of aromatic amines is 1. The van der Waals surface area contributed by atoms with Gasteiger partial charge in [0.1, 0.15) is 6.23 Å². The highest BCUT2D eigenvalue weighted by Crippen LogP contribution is 2.24. The summed E-state index contributed by atoms with van der Waals surface area (Å²) in [5.74, 6) is -1.05. The smallest absolute Gasteiger partial charge is 0.330 e. The molecular formula is C9H10FN3O4. The molecule has 2 heterocycles. The van der Waals surface area contributed by atoms with E-state index in [1.165, 1.54) is 0 Å². The number of hydrogen-bond donors (Lipinski definition) is 2. The topological polar surface area (TPSA) is 96.7 Å². The van der Waals surface area contributed by atoms with Crippen molar-refractivity contribution in [1.29, 1.82) is 0 Å². The number of nitrogens with one attached hydrogen (secondary N) is 1. The van der Waals surface area contributed by atoms with Crippen LogP contribution < -0.4 is 11.2 Å². The molecule has 17 heavy (non-hydrogen) atoms. The molecule has 92 valence electrons. The Labute approximate surface area is 94.1 Å². The Kier molecular flexibility index (Phi) is 3.05. The molecule has 1 aliphatic heterocycles. The molecule has 0 amide bonds. The molecule has 0 aromatic carbocycles. The molecule has 0 bridgehead atoms. The van der Waals surface area contributed by atoms with E-state index in [0.717, 1.165) is 6.21 Å². The predicted molar refractivity (Wildman–Crippen MR) is 54.7 cm³/mol. The fraction of sp³-hybridized carbons (Fsp3) is 0.444. The second-order valence-electron chi connectivity index (χ2n) is 3.59. The third-order valence-corrected chi connectivity index (χ3v) is 2.52. The molecule has 0 radical (unpaired) electrons. The van der Waals surface area contributed by atoms with Gasteiger partial charge in [0.15, 0.2) is 0 Å². The number of halogens is 1. The van der Waals surface area contributed by atoms with Crippen molar-refractivity contribution in [2.24, 2.45) is 5.16 Å². The lowest BCUT2D eigenvalue weighted by Gasteiger charge is -2.12. The minimum Gasteiger partial charge on any atom is -0.411 e. The summed E-state index contributed by atoms with van der Waals surface area (Å²) in [5, 5.41) is 11.1. The number of ether oxygens (including phenoxy) is 1. The summed E-state index contributed by atoms with van der Waals surface area (Å²) >= 11 is 0. The maximum atomic E-state index is 13.0. The number of H-pyrrole nitrogens is 1. The van der Waals surface area contributed by atoms with Crippen molar-refractivity contribution >= 4 is 6.21 Å². The van der Waals surface area contributed by atoms with Gasteiger partial charge < -0.3 is 14.9 Å². The van der Waals surface area contributed by atoms with Crippen LogP contribution in [-0.2, 0) is 4.74 Å². The highest BCUT2D eigenvalue weighted by Gasteiger charge is 2.28. The van der Waals surface area contributed by atoms with Crippen molar-refractivity contribution in [1.82, 2.24) is 9.55 Å². The lowest BCUT2D eigenvalue weighted by atomic mass is 10.2. The summed E-state index contributed by atoms with van der Waals surface area (Å²) in [7, 11) is 0. The van der Waals surface area contributed by atoms with Crippen molar-refractivity contribution in [2.75, 3.05) is 0 Å². The molecule has 2 atom stereocenters. The Hall–Kier alpha value is -1.96. The Morgan fingerprint density at radius 1 is 1.59 bits per heavy atom. The van der Waals surface area contributed by atoms with Crippen LogP contribution in [0, 0.1) is 5.82 Å². The number of aromatic nitrogens is 2. The molecule has 7 nitrogen and oxygen atoms in total. The summed E-state index contributed by atoms with van der Waals surface area (Å²) in [5.41, 5.74) is -1.76. The van der Waals surface area contributed by atoms with Crippen LogP contribution >= 0.6 is 0 Å². The van der Waals surface area contributed by atoms with E-state index in [2.05, 4.69) is 10.1 Å². The van der Waals surface area contributed by atoms with Crippen LogP contribution in [0.3, 0.4) is 0 Å². The fourth-order valence-corrected chi connectivity index (χ4v) is 1.74. The van der Waals surface area contributed by atoms with Gasteiger partial charge in [-0.25, -0.2) is 9.36 Å². The van der Waals surface area contributed by atoms with Crippen LogP contribution in [0.5, 0.6) is 0 Å². The highest BCUT2D eigenvalue weighted by molar-refractivity contribution is 5.62. The lowest BCUT2D eigenvalue weighted by Crippen LogP contribution is -2.39. The molecule has 0 aliphatic carbocycles. The van der Waals surface area contributed by atoms with Crippen molar-refractivity contribution in [2.45, 2.75) is 25.2 Å². The number of nitrogens with zero attached hydrogens (tertiary/aromatic N) is 2.